The van der Waals surface area contributed by atoms with Gasteiger partial charge < -0.3 is 0 Å². The molecule has 0 radical (unpaired) electrons. The van der Waals surface area contributed by atoms with E-state index in [-0.39, 0.29) is 0 Å². The number of nitrogens with zero attached hydrogens (tertiary/aromatic N) is 2. The standard InChI is InChI=1S/C12H16N2/c1-9(2)13-11-6-5-7-12(8-11)14-10(3)4/h5-8H,1-4H3. The summed E-state index contributed by atoms with van der Waals surface area (Å²) in [7, 11) is 0. The van der Waals surface area contributed by atoms with Crippen molar-refractivity contribution >= 4 is 22.8 Å². The van der Waals surface area contributed by atoms with Crippen LogP contribution in [-0.4, -0.2) is 11.4 Å². The summed E-state index contributed by atoms with van der Waals surface area (Å²) in [6.45, 7) is 7.95. The van der Waals surface area contributed by atoms with E-state index in [1.54, 1.807) is 0 Å². The quantitative estimate of drug-likeness (QED) is 0.629. The van der Waals surface area contributed by atoms with Gasteiger partial charge in [0.15, 0.2) is 0 Å². The lowest BCUT2D eigenvalue weighted by Gasteiger charge is -1.98. The first-order chi connectivity index (χ1) is 6.58. The van der Waals surface area contributed by atoms with Gasteiger partial charge in [0, 0.05) is 11.4 Å². The van der Waals surface area contributed by atoms with Crippen LogP contribution in [0, 0.1) is 0 Å². The number of hydrogen-bond acceptors (Lipinski definition) is 2. The van der Waals surface area contributed by atoms with Crippen molar-refractivity contribution in [2.45, 2.75) is 27.7 Å². The lowest BCUT2D eigenvalue weighted by molar-refractivity contribution is 1.43. The highest BCUT2D eigenvalue weighted by Gasteiger charge is 1.92. The first-order valence-electron chi connectivity index (χ1n) is 4.72. The van der Waals surface area contributed by atoms with Crippen LogP contribution in [0.15, 0.2) is 34.3 Å². The average Bonchev–Trinajstić information content (AvgIpc) is 2.01. The van der Waals surface area contributed by atoms with Gasteiger partial charge in [-0.25, -0.2) is 0 Å². The van der Waals surface area contributed by atoms with Gasteiger partial charge in [-0.15, -0.1) is 0 Å². The third kappa shape index (κ3) is 3.52. The third-order valence-electron chi connectivity index (χ3n) is 1.54. The van der Waals surface area contributed by atoms with Gasteiger partial charge in [-0.3, -0.25) is 9.98 Å². The summed E-state index contributed by atoms with van der Waals surface area (Å²) < 4.78 is 0. The van der Waals surface area contributed by atoms with Crippen LogP contribution in [0.5, 0.6) is 0 Å². The van der Waals surface area contributed by atoms with E-state index < -0.39 is 0 Å². The molecule has 0 aromatic heterocycles. The zero-order valence-electron chi connectivity index (χ0n) is 9.20. The minimum Gasteiger partial charge on any atom is -0.258 e. The molecule has 74 valence electrons. The molecule has 14 heavy (non-hydrogen) atoms. The number of aliphatic imine (C=N–C) groups is 2. The molecule has 0 amide bonds. The fourth-order valence-corrected chi connectivity index (χ4v) is 1.15. The van der Waals surface area contributed by atoms with Gasteiger partial charge >= 0.3 is 0 Å². The van der Waals surface area contributed by atoms with E-state index in [1.807, 2.05) is 52.0 Å². The van der Waals surface area contributed by atoms with Crippen molar-refractivity contribution in [3.8, 4) is 0 Å². The van der Waals surface area contributed by atoms with E-state index in [1.165, 1.54) is 0 Å². The van der Waals surface area contributed by atoms with Crippen LogP contribution in [0.1, 0.15) is 27.7 Å². The van der Waals surface area contributed by atoms with Gasteiger partial charge in [-0.2, -0.15) is 0 Å². The Kier molecular flexibility index (Phi) is 3.57. The van der Waals surface area contributed by atoms with E-state index in [0.29, 0.717) is 0 Å². The van der Waals surface area contributed by atoms with Crippen LogP contribution >= 0.6 is 0 Å². The highest BCUT2D eigenvalue weighted by atomic mass is 14.8. The topological polar surface area (TPSA) is 24.7 Å². The van der Waals surface area contributed by atoms with Gasteiger partial charge in [-0.05, 0) is 45.9 Å². The molecule has 0 fully saturated rings. The zero-order chi connectivity index (χ0) is 10.6. The molecular formula is C12H16N2. The van der Waals surface area contributed by atoms with Crippen LogP contribution in [0.2, 0.25) is 0 Å². The Hall–Kier alpha value is -1.44. The molecule has 0 spiro atoms. The van der Waals surface area contributed by atoms with Crippen LogP contribution in [-0.2, 0) is 0 Å². The van der Waals surface area contributed by atoms with Gasteiger partial charge in [0.05, 0.1) is 11.4 Å². The maximum Gasteiger partial charge on any atom is 0.0650 e. The van der Waals surface area contributed by atoms with Crippen molar-refractivity contribution in [3.63, 3.8) is 0 Å². The minimum absolute atomic E-state index is 0.965. The summed E-state index contributed by atoms with van der Waals surface area (Å²) in [5, 5.41) is 0. The Balaban J connectivity index is 3.01. The summed E-state index contributed by atoms with van der Waals surface area (Å²) in [4.78, 5) is 8.75. The number of rotatable bonds is 2. The second-order valence-corrected chi connectivity index (χ2v) is 3.64. The Bertz CT molecular complexity index is 334. The van der Waals surface area contributed by atoms with Crippen LogP contribution in [0.25, 0.3) is 0 Å². The van der Waals surface area contributed by atoms with Crippen molar-refractivity contribution in [1.29, 1.82) is 0 Å². The first kappa shape index (κ1) is 10.6. The second-order valence-electron chi connectivity index (χ2n) is 3.64. The fourth-order valence-electron chi connectivity index (χ4n) is 1.15. The van der Waals surface area contributed by atoms with Crippen LogP contribution < -0.4 is 0 Å². The maximum absolute atomic E-state index is 4.37. The highest BCUT2D eigenvalue weighted by Crippen LogP contribution is 2.20. The molecule has 2 nitrogen and oxygen atoms in total. The van der Waals surface area contributed by atoms with Crippen molar-refractivity contribution in [2.75, 3.05) is 0 Å². The van der Waals surface area contributed by atoms with Gasteiger partial charge in [0.2, 0.25) is 0 Å². The molecule has 1 aromatic carbocycles. The van der Waals surface area contributed by atoms with Gasteiger partial charge in [-0.1, -0.05) is 6.07 Å². The minimum atomic E-state index is 0.965. The lowest BCUT2D eigenvalue weighted by Crippen LogP contribution is -1.79. The Labute approximate surface area is 85.4 Å². The first-order valence-corrected chi connectivity index (χ1v) is 4.72. The van der Waals surface area contributed by atoms with Crippen LogP contribution in [0.4, 0.5) is 11.4 Å². The van der Waals surface area contributed by atoms with Crippen LogP contribution in [0.3, 0.4) is 0 Å². The molecule has 0 atom stereocenters. The smallest absolute Gasteiger partial charge is 0.0650 e. The molecular weight excluding hydrogens is 172 g/mol. The van der Waals surface area contributed by atoms with Crippen molar-refractivity contribution in [3.05, 3.63) is 24.3 Å². The van der Waals surface area contributed by atoms with E-state index in [4.69, 9.17) is 0 Å². The molecule has 1 aromatic rings. The summed E-state index contributed by atoms with van der Waals surface area (Å²) in [5.74, 6) is 0. The molecule has 0 N–H and O–H groups in total. The molecule has 0 saturated carbocycles. The second kappa shape index (κ2) is 4.70. The predicted octanol–water partition coefficient (Wildman–Crippen LogP) is 3.91. The Morgan fingerprint density at radius 3 is 1.64 bits per heavy atom. The molecule has 0 aliphatic heterocycles. The summed E-state index contributed by atoms with van der Waals surface area (Å²) >= 11 is 0. The zero-order valence-corrected chi connectivity index (χ0v) is 9.20. The summed E-state index contributed by atoms with van der Waals surface area (Å²) in [6.07, 6.45) is 0. The van der Waals surface area contributed by atoms with Gasteiger partial charge in [0.1, 0.15) is 0 Å². The van der Waals surface area contributed by atoms with E-state index in [2.05, 4.69) is 9.98 Å². The molecule has 0 bridgehead atoms. The molecule has 0 aliphatic rings. The predicted molar refractivity (Wildman–Crippen MR) is 63.3 cm³/mol. The highest BCUT2D eigenvalue weighted by molar-refractivity contribution is 5.84. The summed E-state index contributed by atoms with van der Waals surface area (Å²) in [6, 6.07) is 7.93. The fraction of sp³-hybridized carbons (Fsp3) is 0.333. The van der Waals surface area contributed by atoms with E-state index >= 15 is 0 Å². The summed E-state index contributed by atoms with van der Waals surface area (Å²) in [5.41, 5.74) is 4.04. The number of hydrogen-bond donors (Lipinski definition) is 0. The molecule has 0 saturated heterocycles. The Morgan fingerprint density at radius 2 is 1.29 bits per heavy atom. The number of benzene rings is 1. The monoisotopic (exact) mass is 188 g/mol. The third-order valence-corrected chi connectivity index (χ3v) is 1.54. The van der Waals surface area contributed by atoms with Gasteiger partial charge in [0.25, 0.3) is 0 Å². The Morgan fingerprint density at radius 1 is 0.857 bits per heavy atom. The van der Waals surface area contributed by atoms with Crippen molar-refractivity contribution in [1.82, 2.24) is 0 Å². The van der Waals surface area contributed by atoms with Crippen molar-refractivity contribution < 1.29 is 0 Å². The SMILES string of the molecule is CC(C)=Nc1cccc(N=C(C)C)c1. The molecule has 0 unspecified atom stereocenters. The molecule has 1 rings (SSSR count). The van der Waals surface area contributed by atoms with E-state index in [9.17, 15) is 0 Å². The lowest BCUT2D eigenvalue weighted by atomic mass is 10.3. The molecule has 0 aliphatic carbocycles. The normalized spacial score (nSPS) is 9.43. The van der Waals surface area contributed by atoms with E-state index in [0.717, 1.165) is 22.8 Å². The molecule has 0 heterocycles. The molecule has 2 heteroatoms. The average molecular weight is 188 g/mol. The maximum atomic E-state index is 4.37. The largest absolute Gasteiger partial charge is 0.258 e. The van der Waals surface area contributed by atoms with Crippen molar-refractivity contribution in [2.24, 2.45) is 9.98 Å².